The second-order valence-corrected chi connectivity index (χ2v) is 7.65. The zero-order valence-electron chi connectivity index (χ0n) is 13.4. The lowest BCUT2D eigenvalue weighted by molar-refractivity contribution is -0.143. The first-order valence-electron chi connectivity index (χ1n) is 7.35. The van der Waals surface area contributed by atoms with Crippen LogP contribution in [0, 0.1) is 6.92 Å². The summed E-state index contributed by atoms with van der Waals surface area (Å²) in [6.45, 7) is 7.13. The highest BCUT2D eigenvalue weighted by Crippen LogP contribution is 2.46. The van der Waals surface area contributed by atoms with Crippen LogP contribution in [-0.4, -0.2) is 27.8 Å². The fourth-order valence-electron chi connectivity index (χ4n) is 2.80. The molecule has 6 nitrogen and oxygen atoms in total. The molecule has 7 heteroatoms. The monoisotopic (exact) mass is 326 g/mol. The fourth-order valence-corrected chi connectivity index (χ4v) is 3.99. The van der Waals surface area contributed by atoms with Crippen molar-refractivity contribution in [2.45, 2.75) is 64.4 Å². The summed E-state index contributed by atoms with van der Waals surface area (Å²) in [4.78, 5) is 28.6. The Morgan fingerprint density at radius 1 is 1.32 bits per heavy atom. The van der Waals surface area contributed by atoms with Crippen LogP contribution in [0.25, 0.3) is 0 Å². The highest BCUT2D eigenvalue weighted by molar-refractivity contribution is 7.16. The van der Waals surface area contributed by atoms with Gasteiger partial charge in [-0.3, -0.25) is 10.1 Å². The van der Waals surface area contributed by atoms with Gasteiger partial charge in [-0.05, 0) is 40.5 Å². The maximum atomic E-state index is 11.8. The van der Waals surface area contributed by atoms with Crippen molar-refractivity contribution < 1.29 is 19.4 Å². The summed E-state index contributed by atoms with van der Waals surface area (Å²) in [6, 6.07) is 0. The number of hydrogen-bond acceptors (Lipinski definition) is 5. The van der Waals surface area contributed by atoms with E-state index in [0.717, 1.165) is 17.7 Å². The maximum absolute atomic E-state index is 11.8. The van der Waals surface area contributed by atoms with Crippen LogP contribution in [0.2, 0.25) is 0 Å². The van der Waals surface area contributed by atoms with Crippen LogP contribution in [-0.2, 0) is 14.9 Å². The summed E-state index contributed by atoms with van der Waals surface area (Å²) in [7, 11) is 0. The maximum Gasteiger partial charge on any atom is 0.413 e. The van der Waals surface area contributed by atoms with Crippen molar-refractivity contribution in [1.29, 1.82) is 0 Å². The average molecular weight is 326 g/mol. The minimum absolute atomic E-state index is 0.384. The van der Waals surface area contributed by atoms with E-state index in [1.165, 1.54) is 11.3 Å². The van der Waals surface area contributed by atoms with Crippen molar-refractivity contribution in [1.82, 2.24) is 4.98 Å². The van der Waals surface area contributed by atoms with Gasteiger partial charge in [0.1, 0.15) is 11.0 Å². The fraction of sp³-hybridized carbons (Fsp3) is 0.667. The number of nitrogens with one attached hydrogen (secondary N) is 1. The van der Waals surface area contributed by atoms with Crippen LogP contribution in [0.4, 0.5) is 9.93 Å². The third-order valence-electron chi connectivity index (χ3n) is 3.71. The molecule has 0 spiro atoms. The molecule has 1 fully saturated rings. The van der Waals surface area contributed by atoms with Gasteiger partial charge in [0, 0.05) is 4.88 Å². The SMILES string of the molecule is Cc1nc(NC(=O)OC(C)(C)C)sc1C1(C(=O)O)CCCC1. The van der Waals surface area contributed by atoms with E-state index >= 15 is 0 Å². The first-order valence-corrected chi connectivity index (χ1v) is 8.17. The summed E-state index contributed by atoms with van der Waals surface area (Å²) in [5.41, 5.74) is -0.775. The minimum Gasteiger partial charge on any atom is -0.481 e. The first kappa shape index (κ1) is 16.7. The molecule has 1 aromatic rings. The molecule has 0 radical (unpaired) electrons. The molecule has 0 aromatic carbocycles. The van der Waals surface area contributed by atoms with Crippen LogP contribution >= 0.6 is 11.3 Å². The van der Waals surface area contributed by atoms with E-state index in [1.54, 1.807) is 27.7 Å². The summed E-state index contributed by atoms with van der Waals surface area (Å²) in [5.74, 6) is -0.805. The zero-order chi connectivity index (χ0) is 16.5. The quantitative estimate of drug-likeness (QED) is 0.884. The van der Waals surface area contributed by atoms with E-state index in [2.05, 4.69) is 10.3 Å². The van der Waals surface area contributed by atoms with Gasteiger partial charge in [-0.25, -0.2) is 9.78 Å². The van der Waals surface area contributed by atoms with Crippen molar-refractivity contribution in [3.05, 3.63) is 10.6 Å². The lowest BCUT2D eigenvalue weighted by Gasteiger charge is -2.22. The second kappa shape index (κ2) is 5.87. The van der Waals surface area contributed by atoms with E-state index in [0.29, 0.717) is 23.7 Å². The number of carbonyl (C=O) groups is 2. The number of anilines is 1. The number of nitrogens with zero attached hydrogens (tertiary/aromatic N) is 1. The molecule has 2 rings (SSSR count). The Hall–Kier alpha value is -1.63. The molecule has 1 aromatic heterocycles. The molecule has 22 heavy (non-hydrogen) atoms. The lowest BCUT2D eigenvalue weighted by Crippen LogP contribution is -2.32. The number of carboxylic acid groups (broad SMARTS) is 1. The predicted molar refractivity (Wildman–Crippen MR) is 84.5 cm³/mol. The van der Waals surface area contributed by atoms with E-state index in [1.807, 2.05) is 0 Å². The van der Waals surface area contributed by atoms with Gasteiger partial charge in [-0.15, -0.1) is 11.3 Å². The topological polar surface area (TPSA) is 88.5 Å². The number of hydrogen-bond donors (Lipinski definition) is 2. The average Bonchev–Trinajstić information content (AvgIpc) is 2.94. The Morgan fingerprint density at radius 3 is 2.41 bits per heavy atom. The number of carboxylic acids is 1. The number of carbonyl (C=O) groups excluding carboxylic acids is 1. The summed E-state index contributed by atoms with van der Waals surface area (Å²) in [6.07, 6.45) is 2.47. The Balaban J connectivity index is 2.21. The number of rotatable bonds is 3. The molecular weight excluding hydrogens is 304 g/mol. The normalized spacial score (nSPS) is 17.3. The van der Waals surface area contributed by atoms with Crippen molar-refractivity contribution in [2.24, 2.45) is 0 Å². The molecule has 0 unspecified atom stereocenters. The lowest BCUT2D eigenvalue weighted by atomic mass is 9.84. The van der Waals surface area contributed by atoms with Gasteiger partial charge in [0.15, 0.2) is 5.13 Å². The number of thiazole rings is 1. The molecule has 2 N–H and O–H groups in total. The van der Waals surface area contributed by atoms with Crippen molar-refractivity contribution in [2.75, 3.05) is 5.32 Å². The molecule has 1 heterocycles. The van der Waals surface area contributed by atoms with E-state index in [9.17, 15) is 14.7 Å². The van der Waals surface area contributed by atoms with E-state index in [4.69, 9.17) is 4.74 Å². The Labute approximate surface area is 133 Å². The number of amides is 1. The van der Waals surface area contributed by atoms with Gasteiger partial charge in [-0.2, -0.15) is 0 Å². The van der Waals surface area contributed by atoms with Crippen molar-refractivity contribution >= 4 is 28.5 Å². The number of aromatic nitrogens is 1. The standard InChI is InChI=1S/C15H22N2O4S/c1-9-10(15(11(18)19)7-5-6-8-15)22-12(16-9)17-13(20)21-14(2,3)4/h5-8H2,1-4H3,(H,18,19)(H,16,17,20). The van der Waals surface area contributed by atoms with Gasteiger partial charge < -0.3 is 9.84 Å². The molecule has 122 valence electrons. The molecule has 0 aliphatic heterocycles. The van der Waals surface area contributed by atoms with Crippen LogP contribution < -0.4 is 5.32 Å². The molecule has 1 aliphatic carbocycles. The molecule has 1 aliphatic rings. The van der Waals surface area contributed by atoms with Gasteiger partial charge in [0.05, 0.1) is 5.69 Å². The minimum atomic E-state index is -0.852. The number of aliphatic carboxylic acids is 1. The highest BCUT2D eigenvalue weighted by atomic mass is 32.1. The molecule has 1 saturated carbocycles. The predicted octanol–water partition coefficient (Wildman–Crippen LogP) is 3.69. The number of aryl methyl sites for hydroxylation is 1. The van der Waals surface area contributed by atoms with Crippen LogP contribution in [0.5, 0.6) is 0 Å². The second-order valence-electron chi connectivity index (χ2n) is 6.65. The molecule has 1 amide bonds. The summed E-state index contributed by atoms with van der Waals surface area (Å²) in [5, 5.41) is 12.6. The first-order chi connectivity index (χ1) is 10.1. The van der Waals surface area contributed by atoms with Gasteiger partial charge in [-0.1, -0.05) is 12.8 Å². The highest BCUT2D eigenvalue weighted by Gasteiger charge is 2.45. The smallest absolute Gasteiger partial charge is 0.413 e. The van der Waals surface area contributed by atoms with Gasteiger partial charge in [0.2, 0.25) is 0 Å². The van der Waals surface area contributed by atoms with Crippen LogP contribution in [0.3, 0.4) is 0 Å². The zero-order valence-corrected chi connectivity index (χ0v) is 14.2. The molecular formula is C15H22N2O4S. The van der Waals surface area contributed by atoms with Gasteiger partial charge in [0.25, 0.3) is 0 Å². The summed E-state index contributed by atoms with van der Waals surface area (Å²) >= 11 is 1.23. The molecule has 0 atom stereocenters. The Morgan fingerprint density at radius 2 is 1.91 bits per heavy atom. The largest absolute Gasteiger partial charge is 0.481 e. The van der Waals surface area contributed by atoms with Crippen molar-refractivity contribution in [3.8, 4) is 0 Å². The van der Waals surface area contributed by atoms with Crippen LogP contribution in [0.1, 0.15) is 57.0 Å². The molecule has 0 saturated heterocycles. The summed E-state index contributed by atoms with van der Waals surface area (Å²) < 4.78 is 5.19. The Kier molecular flexibility index (Phi) is 4.47. The van der Waals surface area contributed by atoms with Gasteiger partial charge >= 0.3 is 12.1 Å². The van der Waals surface area contributed by atoms with E-state index in [-0.39, 0.29) is 0 Å². The van der Waals surface area contributed by atoms with E-state index < -0.39 is 23.1 Å². The third-order valence-corrected chi connectivity index (χ3v) is 4.98. The number of ether oxygens (including phenoxy) is 1. The van der Waals surface area contributed by atoms with Crippen LogP contribution in [0.15, 0.2) is 0 Å². The molecule has 0 bridgehead atoms. The Bertz CT molecular complexity index is 583. The van der Waals surface area contributed by atoms with Crippen molar-refractivity contribution in [3.63, 3.8) is 0 Å². The third kappa shape index (κ3) is 3.40.